The molecule has 5 heteroatoms. The summed E-state index contributed by atoms with van der Waals surface area (Å²) < 4.78 is 0. The lowest BCUT2D eigenvalue weighted by Gasteiger charge is -2.28. The van der Waals surface area contributed by atoms with Crippen LogP contribution in [0.25, 0.3) is 0 Å². The van der Waals surface area contributed by atoms with Crippen LogP contribution in [0, 0.1) is 0 Å². The highest BCUT2D eigenvalue weighted by Crippen LogP contribution is 2.25. The first kappa shape index (κ1) is 15.7. The van der Waals surface area contributed by atoms with E-state index in [0.29, 0.717) is 10.9 Å². The predicted octanol–water partition coefficient (Wildman–Crippen LogP) is 4.47. The minimum atomic E-state index is 0.371. The number of benzene rings is 1. The third kappa shape index (κ3) is 3.43. The maximum atomic E-state index is 6.27. The van der Waals surface area contributed by atoms with Crippen LogP contribution in [0.4, 0.5) is 0 Å². The summed E-state index contributed by atoms with van der Waals surface area (Å²) in [5.41, 5.74) is 3.52. The Morgan fingerprint density at radius 3 is 2.82 bits per heavy atom. The van der Waals surface area contributed by atoms with Crippen molar-refractivity contribution in [1.29, 1.82) is 0 Å². The van der Waals surface area contributed by atoms with E-state index in [0.717, 1.165) is 42.5 Å². The molecule has 0 spiro atoms. The second kappa shape index (κ2) is 6.53. The summed E-state index contributed by atoms with van der Waals surface area (Å²) in [6.45, 7) is 6.92. The average molecular weight is 336 g/mol. The van der Waals surface area contributed by atoms with Gasteiger partial charge in [0, 0.05) is 59.5 Å². The van der Waals surface area contributed by atoms with Crippen LogP contribution in [-0.4, -0.2) is 21.4 Å². The summed E-state index contributed by atoms with van der Waals surface area (Å²) in [7, 11) is 0. The van der Waals surface area contributed by atoms with Gasteiger partial charge in [0.2, 0.25) is 0 Å². The molecular weight excluding hydrogens is 317 g/mol. The number of hydrogen-bond acceptors (Lipinski definition) is 3. The Balaban J connectivity index is 1.74. The second-order valence-electron chi connectivity index (χ2n) is 6.05. The van der Waals surface area contributed by atoms with Crippen molar-refractivity contribution in [3.05, 3.63) is 57.1 Å². The Kier molecular flexibility index (Phi) is 4.67. The van der Waals surface area contributed by atoms with E-state index in [1.165, 1.54) is 11.3 Å². The van der Waals surface area contributed by atoms with Gasteiger partial charge in [0.25, 0.3) is 0 Å². The number of rotatable bonds is 3. The van der Waals surface area contributed by atoms with Crippen LogP contribution in [0.2, 0.25) is 10.0 Å². The van der Waals surface area contributed by atoms with Crippen molar-refractivity contribution in [2.75, 3.05) is 6.54 Å². The molecule has 0 aliphatic carbocycles. The van der Waals surface area contributed by atoms with Crippen molar-refractivity contribution in [3.63, 3.8) is 0 Å². The Hall–Kier alpha value is -1.16. The Labute approximate surface area is 141 Å². The molecule has 0 radical (unpaired) electrons. The highest BCUT2D eigenvalue weighted by Gasteiger charge is 2.19. The summed E-state index contributed by atoms with van der Waals surface area (Å²) in [6, 6.07) is 5.69. The summed E-state index contributed by atoms with van der Waals surface area (Å²) >= 11 is 12.2. The molecule has 1 aliphatic rings. The maximum Gasteiger partial charge on any atom is 0.131 e. The van der Waals surface area contributed by atoms with Crippen molar-refractivity contribution >= 4 is 23.2 Å². The van der Waals surface area contributed by atoms with Crippen LogP contribution in [0.1, 0.15) is 42.4 Å². The summed E-state index contributed by atoms with van der Waals surface area (Å²) in [6.07, 6.45) is 2.94. The average Bonchev–Trinajstić information content (AvgIpc) is 2.49. The van der Waals surface area contributed by atoms with Crippen LogP contribution in [0.15, 0.2) is 24.4 Å². The van der Waals surface area contributed by atoms with Gasteiger partial charge < -0.3 is 0 Å². The van der Waals surface area contributed by atoms with Gasteiger partial charge in [-0.3, -0.25) is 4.90 Å². The molecule has 116 valence electrons. The van der Waals surface area contributed by atoms with E-state index >= 15 is 0 Å². The first-order valence-corrected chi connectivity index (χ1v) is 8.29. The van der Waals surface area contributed by atoms with Gasteiger partial charge in [-0.15, -0.1) is 0 Å². The molecule has 0 saturated carbocycles. The molecule has 1 aromatic heterocycles. The minimum absolute atomic E-state index is 0.371. The van der Waals surface area contributed by atoms with E-state index in [-0.39, 0.29) is 0 Å². The van der Waals surface area contributed by atoms with Gasteiger partial charge in [-0.25, -0.2) is 9.97 Å². The second-order valence-corrected chi connectivity index (χ2v) is 6.89. The Bertz CT molecular complexity index is 686. The maximum absolute atomic E-state index is 6.27. The zero-order valence-corrected chi connectivity index (χ0v) is 14.3. The first-order valence-electron chi connectivity index (χ1n) is 7.54. The Morgan fingerprint density at radius 2 is 2.09 bits per heavy atom. The minimum Gasteiger partial charge on any atom is -0.294 e. The quantitative estimate of drug-likeness (QED) is 0.828. The van der Waals surface area contributed by atoms with Gasteiger partial charge in [0.05, 0.1) is 0 Å². The van der Waals surface area contributed by atoms with E-state index in [4.69, 9.17) is 28.2 Å². The molecule has 3 rings (SSSR count). The van der Waals surface area contributed by atoms with Crippen molar-refractivity contribution in [2.24, 2.45) is 0 Å². The van der Waals surface area contributed by atoms with Crippen LogP contribution in [0.5, 0.6) is 0 Å². The predicted molar refractivity (Wildman–Crippen MR) is 90.4 cm³/mol. The molecule has 0 amide bonds. The van der Waals surface area contributed by atoms with E-state index in [1.54, 1.807) is 6.07 Å². The molecule has 0 saturated heterocycles. The van der Waals surface area contributed by atoms with Gasteiger partial charge in [0.15, 0.2) is 0 Å². The first-order chi connectivity index (χ1) is 10.5. The van der Waals surface area contributed by atoms with Crippen LogP contribution in [-0.2, 0) is 19.5 Å². The highest BCUT2D eigenvalue weighted by atomic mass is 35.5. The Morgan fingerprint density at radius 1 is 1.27 bits per heavy atom. The number of nitrogens with zero attached hydrogens (tertiary/aromatic N) is 3. The fourth-order valence-electron chi connectivity index (χ4n) is 2.69. The lowest BCUT2D eigenvalue weighted by Crippen LogP contribution is -2.31. The van der Waals surface area contributed by atoms with Crippen molar-refractivity contribution in [1.82, 2.24) is 14.9 Å². The molecule has 0 atom stereocenters. The SMILES string of the molecule is CC(C)c1ncc2c(n1)CCN(Cc1ccc(Cl)cc1Cl)C2. The largest absolute Gasteiger partial charge is 0.294 e. The van der Waals surface area contributed by atoms with Crippen molar-refractivity contribution in [2.45, 2.75) is 39.3 Å². The molecule has 3 nitrogen and oxygen atoms in total. The molecule has 2 aromatic rings. The standard InChI is InChI=1S/C17H19Cl2N3/c1-11(2)17-20-8-13-10-22(6-5-16(13)21-17)9-12-3-4-14(18)7-15(12)19/h3-4,7-8,11H,5-6,9-10H2,1-2H3. The summed E-state index contributed by atoms with van der Waals surface area (Å²) in [5.74, 6) is 1.31. The zero-order chi connectivity index (χ0) is 15.7. The number of hydrogen-bond donors (Lipinski definition) is 0. The lowest BCUT2D eigenvalue weighted by atomic mass is 10.1. The third-order valence-electron chi connectivity index (χ3n) is 3.96. The summed E-state index contributed by atoms with van der Waals surface area (Å²) in [5, 5.41) is 1.40. The number of aromatic nitrogens is 2. The van der Waals surface area contributed by atoms with E-state index in [9.17, 15) is 0 Å². The normalized spacial score (nSPS) is 15.1. The van der Waals surface area contributed by atoms with Gasteiger partial charge in [-0.1, -0.05) is 43.1 Å². The molecule has 0 N–H and O–H groups in total. The van der Waals surface area contributed by atoms with Gasteiger partial charge in [0.1, 0.15) is 5.82 Å². The molecular formula is C17H19Cl2N3. The van der Waals surface area contributed by atoms with Crippen LogP contribution >= 0.6 is 23.2 Å². The highest BCUT2D eigenvalue weighted by molar-refractivity contribution is 6.35. The molecule has 0 fully saturated rings. The fraction of sp³-hybridized carbons (Fsp3) is 0.412. The van der Waals surface area contributed by atoms with Gasteiger partial charge >= 0.3 is 0 Å². The van der Waals surface area contributed by atoms with Crippen LogP contribution < -0.4 is 0 Å². The topological polar surface area (TPSA) is 29.0 Å². The zero-order valence-electron chi connectivity index (χ0n) is 12.8. The third-order valence-corrected chi connectivity index (χ3v) is 4.54. The van der Waals surface area contributed by atoms with E-state index < -0.39 is 0 Å². The number of fused-ring (bicyclic) bond motifs is 1. The smallest absolute Gasteiger partial charge is 0.131 e. The molecule has 0 unspecified atom stereocenters. The van der Waals surface area contributed by atoms with E-state index in [1.807, 2.05) is 18.3 Å². The summed E-state index contributed by atoms with van der Waals surface area (Å²) in [4.78, 5) is 11.6. The van der Waals surface area contributed by atoms with Crippen molar-refractivity contribution in [3.8, 4) is 0 Å². The van der Waals surface area contributed by atoms with Crippen LogP contribution in [0.3, 0.4) is 0 Å². The van der Waals surface area contributed by atoms with Crippen molar-refractivity contribution < 1.29 is 0 Å². The molecule has 1 aromatic carbocycles. The monoisotopic (exact) mass is 335 g/mol. The lowest BCUT2D eigenvalue weighted by molar-refractivity contribution is 0.242. The molecule has 1 aliphatic heterocycles. The molecule has 0 bridgehead atoms. The molecule has 22 heavy (non-hydrogen) atoms. The van der Waals surface area contributed by atoms with Gasteiger partial charge in [-0.05, 0) is 17.7 Å². The fourth-order valence-corrected chi connectivity index (χ4v) is 3.16. The van der Waals surface area contributed by atoms with E-state index in [2.05, 4.69) is 23.7 Å². The van der Waals surface area contributed by atoms with Gasteiger partial charge in [-0.2, -0.15) is 0 Å². The number of halogens is 2. The molecule has 2 heterocycles.